The number of rotatable bonds is 7. The number of fused-ring (bicyclic) bond motifs is 1. The van der Waals surface area contributed by atoms with Gasteiger partial charge in [0, 0.05) is 31.9 Å². The lowest BCUT2D eigenvalue weighted by Gasteiger charge is -2.12. The first-order valence-electron chi connectivity index (χ1n) is 7.53. The van der Waals surface area contributed by atoms with Crippen LogP contribution < -0.4 is 10.6 Å². The summed E-state index contributed by atoms with van der Waals surface area (Å²) in [6.45, 7) is 2.33. The Labute approximate surface area is 119 Å². The molecular weight excluding hydrogens is 252 g/mol. The summed E-state index contributed by atoms with van der Waals surface area (Å²) in [6, 6.07) is 7.97. The number of amides is 1. The van der Waals surface area contributed by atoms with Gasteiger partial charge in [0.25, 0.3) is 0 Å². The van der Waals surface area contributed by atoms with Crippen LogP contribution in [0, 0.1) is 5.92 Å². The van der Waals surface area contributed by atoms with Gasteiger partial charge in [-0.3, -0.25) is 4.79 Å². The minimum absolute atomic E-state index is 0.0865. The van der Waals surface area contributed by atoms with E-state index in [1.54, 1.807) is 0 Å². The summed E-state index contributed by atoms with van der Waals surface area (Å²) in [5.41, 5.74) is 2.31. The number of hydrogen-bond acceptors (Lipinski definition) is 3. The molecule has 0 bridgehead atoms. The molecule has 0 spiro atoms. The van der Waals surface area contributed by atoms with Crippen LogP contribution in [0.1, 0.15) is 24.8 Å². The Morgan fingerprint density at radius 1 is 1.35 bits per heavy atom. The van der Waals surface area contributed by atoms with Crippen molar-refractivity contribution in [2.75, 3.05) is 25.1 Å². The fourth-order valence-corrected chi connectivity index (χ4v) is 2.50. The van der Waals surface area contributed by atoms with Crippen LogP contribution in [0.3, 0.4) is 0 Å². The fourth-order valence-electron chi connectivity index (χ4n) is 2.50. The number of ether oxygens (including phenoxy) is 1. The molecule has 0 saturated heterocycles. The second-order valence-electron chi connectivity index (χ2n) is 5.72. The molecule has 4 heteroatoms. The molecule has 1 fully saturated rings. The van der Waals surface area contributed by atoms with Gasteiger partial charge in [-0.05, 0) is 36.8 Å². The SMILES string of the molecule is O=C(NCCCOCC1CC1)C1Cc2ccccc2N1. The number of carbonyl (C=O) groups excluding carboxylic acids is 1. The minimum Gasteiger partial charge on any atom is -0.381 e. The van der Waals surface area contributed by atoms with Crippen LogP contribution in [-0.4, -0.2) is 31.7 Å². The summed E-state index contributed by atoms with van der Waals surface area (Å²) >= 11 is 0. The standard InChI is InChI=1S/C16H22N2O2/c19-16(17-8-3-9-20-11-12-6-7-12)15-10-13-4-1-2-5-14(13)18-15/h1-2,4-5,12,15,18H,3,6-11H2,(H,17,19). The van der Waals surface area contributed by atoms with Crippen molar-refractivity contribution < 1.29 is 9.53 Å². The highest BCUT2D eigenvalue weighted by molar-refractivity contribution is 5.87. The van der Waals surface area contributed by atoms with E-state index in [-0.39, 0.29) is 11.9 Å². The van der Waals surface area contributed by atoms with Crippen molar-refractivity contribution in [1.82, 2.24) is 5.32 Å². The zero-order valence-corrected chi connectivity index (χ0v) is 11.7. The van der Waals surface area contributed by atoms with Gasteiger partial charge < -0.3 is 15.4 Å². The number of carbonyl (C=O) groups is 1. The smallest absolute Gasteiger partial charge is 0.242 e. The maximum absolute atomic E-state index is 12.1. The third-order valence-corrected chi connectivity index (χ3v) is 3.90. The van der Waals surface area contributed by atoms with E-state index in [9.17, 15) is 4.79 Å². The Morgan fingerprint density at radius 2 is 2.20 bits per heavy atom. The maximum Gasteiger partial charge on any atom is 0.242 e. The van der Waals surface area contributed by atoms with E-state index in [0.29, 0.717) is 6.54 Å². The van der Waals surface area contributed by atoms with Gasteiger partial charge in [0.15, 0.2) is 0 Å². The molecule has 4 nitrogen and oxygen atoms in total. The van der Waals surface area contributed by atoms with Crippen molar-refractivity contribution in [3.63, 3.8) is 0 Å². The summed E-state index contributed by atoms with van der Waals surface area (Å²) in [6.07, 6.45) is 4.31. The number of benzene rings is 1. The van der Waals surface area contributed by atoms with E-state index in [2.05, 4.69) is 16.7 Å². The fraction of sp³-hybridized carbons (Fsp3) is 0.562. The molecule has 1 saturated carbocycles. The zero-order chi connectivity index (χ0) is 13.8. The first-order valence-corrected chi connectivity index (χ1v) is 7.53. The van der Waals surface area contributed by atoms with Crippen molar-refractivity contribution in [2.24, 2.45) is 5.92 Å². The molecule has 1 aromatic carbocycles. The van der Waals surface area contributed by atoms with Gasteiger partial charge in [0.1, 0.15) is 6.04 Å². The molecule has 0 aromatic heterocycles. The largest absolute Gasteiger partial charge is 0.381 e. The van der Waals surface area contributed by atoms with Crippen LogP contribution in [0.5, 0.6) is 0 Å². The quantitative estimate of drug-likeness (QED) is 0.747. The molecule has 0 radical (unpaired) electrons. The number of para-hydroxylation sites is 1. The summed E-state index contributed by atoms with van der Waals surface area (Å²) in [7, 11) is 0. The molecule has 1 heterocycles. The van der Waals surface area contributed by atoms with Crippen LogP contribution in [0.2, 0.25) is 0 Å². The van der Waals surface area contributed by atoms with Crippen molar-refractivity contribution in [1.29, 1.82) is 0 Å². The molecule has 3 rings (SSSR count). The lowest BCUT2D eigenvalue weighted by atomic mass is 10.1. The van der Waals surface area contributed by atoms with E-state index in [4.69, 9.17) is 4.74 Å². The molecule has 1 atom stereocenters. The van der Waals surface area contributed by atoms with Gasteiger partial charge in [0.2, 0.25) is 5.91 Å². The Bertz CT molecular complexity index is 446. The summed E-state index contributed by atoms with van der Waals surface area (Å²) < 4.78 is 5.55. The molecule has 1 amide bonds. The molecule has 1 aromatic rings. The van der Waals surface area contributed by atoms with Crippen LogP contribution in [0.15, 0.2) is 24.3 Å². The second-order valence-corrected chi connectivity index (χ2v) is 5.72. The van der Waals surface area contributed by atoms with E-state index >= 15 is 0 Å². The molecule has 1 aliphatic heterocycles. The minimum atomic E-state index is -0.125. The predicted octanol–water partition coefficient (Wildman–Crippen LogP) is 1.96. The van der Waals surface area contributed by atoms with Crippen molar-refractivity contribution in [3.8, 4) is 0 Å². The lowest BCUT2D eigenvalue weighted by Crippen LogP contribution is -2.39. The van der Waals surface area contributed by atoms with Gasteiger partial charge in [0.05, 0.1) is 0 Å². The Morgan fingerprint density at radius 3 is 3.00 bits per heavy atom. The highest BCUT2D eigenvalue weighted by Crippen LogP contribution is 2.28. The molecule has 2 aliphatic rings. The van der Waals surface area contributed by atoms with Crippen molar-refractivity contribution in [3.05, 3.63) is 29.8 Å². The third-order valence-electron chi connectivity index (χ3n) is 3.90. The van der Waals surface area contributed by atoms with Gasteiger partial charge in [-0.2, -0.15) is 0 Å². The predicted molar refractivity (Wildman–Crippen MR) is 78.7 cm³/mol. The molecule has 1 unspecified atom stereocenters. The topological polar surface area (TPSA) is 50.4 Å². The van der Waals surface area contributed by atoms with Crippen molar-refractivity contribution in [2.45, 2.75) is 31.7 Å². The molecule has 20 heavy (non-hydrogen) atoms. The third kappa shape index (κ3) is 3.51. The van der Waals surface area contributed by atoms with E-state index in [1.807, 2.05) is 18.2 Å². The van der Waals surface area contributed by atoms with Gasteiger partial charge >= 0.3 is 0 Å². The average molecular weight is 274 g/mol. The molecule has 108 valence electrons. The molecule has 2 N–H and O–H groups in total. The van der Waals surface area contributed by atoms with Gasteiger partial charge in [-0.25, -0.2) is 0 Å². The van der Waals surface area contributed by atoms with E-state index in [1.165, 1.54) is 18.4 Å². The highest BCUT2D eigenvalue weighted by Gasteiger charge is 2.25. The van der Waals surface area contributed by atoms with Crippen LogP contribution in [0.25, 0.3) is 0 Å². The van der Waals surface area contributed by atoms with Crippen LogP contribution in [0.4, 0.5) is 5.69 Å². The Kier molecular flexibility index (Phi) is 4.21. The second kappa shape index (κ2) is 6.27. The normalized spacial score (nSPS) is 20.3. The summed E-state index contributed by atoms with van der Waals surface area (Å²) in [5.74, 6) is 0.897. The van der Waals surface area contributed by atoms with Crippen LogP contribution in [-0.2, 0) is 16.0 Å². The Balaban J connectivity index is 1.31. The highest BCUT2D eigenvalue weighted by atomic mass is 16.5. The lowest BCUT2D eigenvalue weighted by molar-refractivity contribution is -0.121. The number of hydrogen-bond donors (Lipinski definition) is 2. The van der Waals surface area contributed by atoms with Crippen LogP contribution >= 0.6 is 0 Å². The maximum atomic E-state index is 12.1. The first kappa shape index (κ1) is 13.4. The number of nitrogens with one attached hydrogen (secondary N) is 2. The van der Waals surface area contributed by atoms with Crippen molar-refractivity contribution >= 4 is 11.6 Å². The summed E-state index contributed by atoms with van der Waals surface area (Å²) in [5, 5.41) is 6.25. The average Bonchev–Trinajstić information content (AvgIpc) is 3.18. The summed E-state index contributed by atoms with van der Waals surface area (Å²) in [4.78, 5) is 12.1. The Hall–Kier alpha value is -1.55. The molecular formula is C16H22N2O2. The molecule has 1 aliphatic carbocycles. The number of anilines is 1. The van der Waals surface area contributed by atoms with E-state index < -0.39 is 0 Å². The zero-order valence-electron chi connectivity index (χ0n) is 11.7. The van der Waals surface area contributed by atoms with Gasteiger partial charge in [-0.1, -0.05) is 18.2 Å². The first-order chi connectivity index (χ1) is 9.83. The van der Waals surface area contributed by atoms with Gasteiger partial charge in [-0.15, -0.1) is 0 Å². The monoisotopic (exact) mass is 274 g/mol. The van der Waals surface area contributed by atoms with E-state index in [0.717, 1.165) is 37.7 Å².